The average molecular weight is 241 g/mol. The van der Waals surface area contributed by atoms with Crippen molar-refractivity contribution in [3.63, 3.8) is 0 Å². The molecule has 0 aromatic carbocycles. The standard InChI is InChI=1S/C14H27NO2/c1-14(2,3)15-10-9-12(16)6-4-7-13-8-5-11-17-13/h13,15H,4-11H2,1-3H3. The summed E-state index contributed by atoms with van der Waals surface area (Å²) in [5.41, 5.74) is 0.109. The third-order valence-electron chi connectivity index (χ3n) is 3.06. The number of hydrogen-bond acceptors (Lipinski definition) is 3. The van der Waals surface area contributed by atoms with Crippen LogP contribution < -0.4 is 5.32 Å². The van der Waals surface area contributed by atoms with Crippen molar-refractivity contribution in [3.05, 3.63) is 0 Å². The lowest BCUT2D eigenvalue weighted by Gasteiger charge is -2.20. The van der Waals surface area contributed by atoms with Gasteiger partial charge in [0.1, 0.15) is 5.78 Å². The minimum Gasteiger partial charge on any atom is -0.378 e. The van der Waals surface area contributed by atoms with E-state index in [9.17, 15) is 4.79 Å². The van der Waals surface area contributed by atoms with Crippen LogP contribution in [0.25, 0.3) is 0 Å². The minimum absolute atomic E-state index is 0.109. The molecule has 17 heavy (non-hydrogen) atoms. The maximum absolute atomic E-state index is 11.6. The Balaban J connectivity index is 1.97. The molecule has 1 unspecified atom stereocenters. The minimum atomic E-state index is 0.109. The molecule has 100 valence electrons. The number of nitrogens with one attached hydrogen (secondary N) is 1. The topological polar surface area (TPSA) is 38.3 Å². The molecule has 1 N–H and O–H groups in total. The molecular formula is C14H27NO2. The Morgan fingerprint density at radius 2 is 2.12 bits per heavy atom. The predicted molar refractivity (Wildman–Crippen MR) is 70.2 cm³/mol. The van der Waals surface area contributed by atoms with Gasteiger partial charge in [-0.2, -0.15) is 0 Å². The SMILES string of the molecule is CC(C)(C)NCCC(=O)CCCC1CCCO1. The summed E-state index contributed by atoms with van der Waals surface area (Å²) in [7, 11) is 0. The van der Waals surface area contributed by atoms with Gasteiger partial charge in [-0.1, -0.05) is 0 Å². The summed E-state index contributed by atoms with van der Waals surface area (Å²) in [4.78, 5) is 11.6. The molecule has 0 aromatic rings. The van der Waals surface area contributed by atoms with Crippen LogP contribution in [0.15, 0.2) is 0 Å². The first-order chi connectivity index (χ1) is 7.97. The molecule has 1 saturated heterocycles. The molecule has 1 atom stereocenters. The highest BCUT2D eigenvalue weighted by Gasteiger charge is 2.15. The summed E-state index contributed by atoms with van der Waals surface area (Å²) in [6.45, 7) is 8.06. The Morgan fingerprint density at radius 1 is 1.35 bits per heavy atom. The number of Topliss-reactive ketones (excluding diaryl/α,β-unsaturated/α-hetero) is 1. The highest BCUT2D eigenvalue weighted by atomic mass is 16.5. The summed E-state index contributed by atoms with van der Waals surface area (Å²) in [5, 5.41) is 3.34. The van der Waals surface area contributed by atoms with E-state index in [1.165, 1.54) is 12.8 Å². The summed E-state index contributed by atoms with van der Waals surface area (Å²) >= 11 is 0. The van der Waals surface area contributed by atoms with Gasteiger partial charge in [-0.25, -0.2) is 0 Å². The molecule has 0 radical (unpaired) electrons. The van der Waals surface area contributed by atoms with Crippen LogP contribution >= 0.6 is 0 Å². The van der Waals surface area contributed by atoms with Gasteiger partial charge >= 0.3 is 0 Å². The molecule has 1 aliphatic heterocycles. The number of hydrogen-bond donors (Lipinski definition) is 1. The van der Waals surface area contributed by atoms with E-state index in [-0.39, 0.29) is 5.54 Å². The van der Waals surface area contributed by atoms with Gasteiger partial charge in [0.05, 0.1) is 6.10 Å². The molecule has 1 aliphatic rings. The second kappa shape index (κ2) is 7.12. The monoisotopic (exact) mass is 241 g/mol. The summed E-state index contributed by atoms with van der Waals surface area (Å²) in [6, 6.07) is 0. The fourth-order valence-electron chi connectivity index (χ4n) is 2.10. The van der Waals surface area contributed by atoms with Gasteiger partial charge in [-0.15, -0.1) is 0 Å². The Morgan fingerprint density at radius 3 is 2.71 bits per heavy atom. The van der Waals surface area contributed by atoms with E-state index in [1.807, 2.05) is 0 Å². The van der Waals surface area contributed by atoms with E-state index in [2.05, 4.69) is 26.1 Å². The number of carbonyl (C=O) groups excluding carboxylic acids is 1. The lowest BCUT2D eigenvalue weighted by molar-refractivity contribution is -0.119. The van der Waals surface area contributed by atoms with Crippen LogP contribution in [0.5, 0.6) is 0 Å². The number of ketones is 1. The molecular weight excluding hydrogens is 214 g/mol. The molecule has 1 fully saturated rings. The summed E-state index contributed by atoms with van der Waals surface area (Å²) in [5.74, 6) is 0.375. The first-order valence-electron chi connectivity index (χ1n) is 6.86. The molecule has 0 aromatic heterocycles. The fourth-order valence-corrected chi connectivity index (χ4v) is 2.10. The number of carbonyl (C=O) groups is 1. The van der Waals surface area contributed by atoms with Gasteiger partial charge in [-0.3, -0.25) is 4.79 Å². The molecule has 3 heteroatoms. The van der Waals surface area contributed by atoms with Crippen LogP contribution in [0.1, 0.15) is 59.3 Å². The summed E-state index contributed by atoms with van der Waals surface area (Å²) in [6.07, 6.45) is 6.20. The Bertz CT molecular complexity index is 227. The number of rotatable bonds is 7. The maximum Gasteiger partial charge on any atom is 0.134 e. The zero-order chi connectivity index (χ0) is 12.7. The summed E-state index contributed by atoms with van der Waals surface area (Å²) < 4.78 is 5.54. The van der Waals surface area contributed by atoms with E-state index >= 15 is 0 Å². The van der Waals surface area contributed by atoms with Crippen molar-refractivity contribution < 1.29 is 9.53 Å². The van der Waals surface area contributed by atoms with Crippen molar-refractivity contribution in [3.8, 4) is 0 Å². The Kier molecular flexibility index (Phi) is 6.14. The molecule has 3 nitrogen and oxygen atoms in total. The van der Waals surface area contributed by atoms with Crippen molar-refractivity contribution >= 4 is 5.78 Å². The van der Waals surface area contributed by atoms with Crippen LogP contribution in [0.4, 0.5) is 0 Å². The molecule has 0 spiro atoms. The molecule has 1 rings (SSSR count). The molecule has 0 amide bonds. The van der Waals surface area contributed by atoms with Crippen molar-refractivity contribution in [1.82, 2.24) is 5.32 Å². The van der Waals surface area contributed by atoms with Gasteiger partial charge in [0, 0.05) is 31.5 Å². The van der Waals surface area contributed by atoms with Gasteiger partial charge in [0.15, 0.2) is 0 Å². The lowest BCUT2D eigenvalue weighted by Crippen LogP contribution is -2.37. The van der Waals surface area contributed by atoms with E-state index in [1.54, 1.807) is 0 Å². The third kappa shape index (κ3) is 7.50. The highest BCUT2D eigenvalue weighted by Crippen LogP contribution is 2.17. The van der Waals surface area contributed by atoms with E-state index < -0.39 is 0 Å². The lowest BCUT2D eigenvalue weighted by atomic mass is 10.1. The van der Waals surface area contributed by atoms with Crippen LogP contribution in [-0.4, -0.2) is 30.6 Å². The first kappa shape index (κ1) is 14.7. The van der Waals surface area contributed by atoms with Crippen LogP contribution in [0.2, 0.25) is 0 Å². The zero-order valence-electron chi connectivity index (χ0n) is 11.6. The van der Waals surface area contributed by atoms with Gasteiger partial charge in [0.25, 0.3) is 0 Å². The van der Waals surface area contributed by atoms with Gasteiger partial charge < -0.3 is 10.1 Å². The van der Waals surface area contributed by atoms with Gasteiger partial charge in [0.2, 0.25) is 0 Å². The normalized spacial score (nSPS) is 20.8. The highest BCUT2D eigenvalue weighted by molar-refractivity contribution is 5.78. The second-order valence-electron chi connectivity index (χ2n) is 5.99. The Hall–Kier alpha value is -0.410. The number of ether oxygens (including phenoxy) is 1. The van der Waals surface area contributed by atoms with Gasteiger partial charge in [-0.05, 0) is 46.5 Å². The van der Waals surface area contributed by atoms with Crippen molar-refractivity contribution in [2.45, 2.75) is 70.9 Å². The van der Waals surface area contributed by atoms with Crippen LogP contribution in [0.3, 0.4) is 0 Å². The average Bonchev–Trinajstić information content (AvgIpc) is 2.68. The largest absolute Gasteiger partial charge is 0.378 e. The van der Waals surface area contributed by atoms with Crippen molar-refractivity contribution in [1.29, 1.82) is 0 Å². The van der Waals surface area contributed by atoms with Crippen LogP contribution in [0, 0.1) is 0 Å². The first-order valence-corrected chi connectivity index (χ1v) is 6.86. The van der Waals surface area contributed by atoms with Crippen LogP contribution in [-0.2, 0) is 9.53 Å². The van der Waals surface area contributed by atoms with Crippen molar-refractivity contribution in [2.24, 2.45) is 0 Å². The molecule has 1 heterocycles. The fraction of sp³-hybridized carbons (Fsp3) is 0.929. The van der Waals surface area contributed by atoms with E-state index in [4.69, 9.17) is 4.74 Å². The quantitative estimate of drug-likeness (QED) is 0.744. The third-order valence-corrected chi connectivity index (χ3v) is 3.06. The molecule has 0 aliphatic carbocycles. The predicted octanol–water partition coefficient (Wildman–Crippen LogP) is 2.68. The maximum atomic E-state index is 11.6. The van der Waals surface area contributed by atoms with Crippen molar-refractivity contribution in [2.75, 3.05) is 13.2 Å². The van der Waals surface area contributed by atoms with E-state index in [0.29, 0.717) is 24.7 Å². The Labute approximate surface area is 105 Å². The molecule has 0 saturated carbocycles. The second-order valence-corrected chi connectivity index (χ2v) is 5.99. The zero-order valence-corrected chi connectivity index (χ0v) is 11.6. The van der Waals surface area contributed by atoms with E-state index in [0.717, 1.165) is 26.0 Å². The smallest absolute Gasteiger partial charge is 0.134 e. The molecule has 0 bridgehead atoms.